The van der Waals surface area contributed by atoms with Crippen molar-refractivity contribution in [3.8, 4) is 0 Å². The second-order valence-corrected chi connectivity index (χ2v) is 4.49. The summed E-state index contributed by atoms with van der Waals surface area (Å²) in [5, 5.41) is 13.1. The smallest absolute Gasteiger partial charge is 0.0638 e. The first-order valence-electron chi connectivity index (χ1n) is 6.16. The molecule has 1 heterocycles. The summed E-state index contributed by atoms with van der Waals surface area (Å²) in [5.74, 6) is 0. The molecule has 0 atom stereocenters. The van der Waals surface area contributed by atoms with Gasteiger partial charge in [0.25, 0.3) is 0 Å². The van der Waals surface area contributed by atoms with Crippen LogP contribution in [0.5, 0.6) is 0 Å². The van der Waals surface area contributed by atoms with Gasteiger partial charge >= 0.3 is 0 Å². The molecular formula is C15H16N2O. The fourth-order valence-electron chi connectivity index (χ4n) is 2.58. The fourth-order valence-corrected chi connectivity index (χ4v) is 2.58. The molecule has 0 spiro atoms. The summed E-state index contributed by atoms with van der Waals surface area (Å²) in [5.41, 5.74) is 3.26. The van der Waals surface area contributed by atoms with Crippen molar-refractivity contribution in [2.24, 2.45) is 0 Å². The zero-order valence-electron chi connectivity index (χ0n) is 10.6. The molecule has 1 N–H and O–H groups in total. The average Bonchev–Trinajstić information content (AvgIpc) is 2.71. The van der Waals surface area contributed by atoms with E-state index in [2.05, 4.69) is 41.8 Å². The Morgan fingerprint density at radius 2 is 1.78 bits per heavy atom. The number of aryl methyl sites for hydroxylation is 1. The van der Waals surface area contributed by atoms with Gasteiger partial charge in [0.1, 0.15) is 0 Å². The summed E-state index contributed by atoms with van der Waals surface area (Å²) < 4.78 is 2.30. The lowest BCUT2D eigenvalue weighted by Crippen LogP contribution is -2.09. The van der Waals surface area contributed by atoms with Crippen LogP contribution in [-0.2, 0) is 6.54 Å². The van der Waals surface area contributed by atoms with Crippen LogP contribution in [0, 0.1) is 0 Å². The molecule has 3 heteroatoms. The standard InChI is InChI=1S/C15H16N2O/c1-3-17-14-7-5-4-6-12(14)13-10-11(16(2)18)8-9-15(13)17/h4-10,18H,3H2,1-2H3. The van der Waals surface area contributed by atoms with Gasteiger partial charge in [-0.3, -0.25) is 10.3 Å². The molecule has 3 aromatic rings. The molecule has 0 bridgehead atoms. The third-order valence-electron chi connectivity index (χ3n) is 3.45. The molecule has 92 valence electrons. The van der Waals surface area contributed by atoms with Crippen molar-refractivity contribution in [3.05, 3.63) is 42.5 Å². The van der Waals surface area contributed by atoms with Crippen LogP contribution < -0.4 is 5.06 Å². The van der Waals surface area contributed by atoms with Crippen LogP contribution >= 0.6 is 0 Å². The van der Waals surface area contributed by atoms with Gasteiger partial charge in [0.15, 0.2) is 0 Å². The molecule has 3 rings (SSSR count). The number of hydroxylamine groups is 1. The van der Waals surface area contributed by atoms with E-state index in [-0.39, 0.29) is 0 Å². The van der Waals surface area contributed by atoms with Gasteiger partial charge in [0.05, 0.1) is 5.69 Å². The Balaban J connectivity index is 2.45. The normalized spacial score (nSPS) is 11.3. The molecule has 1 aromatic heterocycles. The first-order chi connectivity index (χ1) is 8.72. The molecule has 0 aliphatic carbocycles. The van der Waals surface area contributed by atoms with Gasteiger partial charge in [-0.05, 0) is 31.2 Å². The molecule has 0 saturated heterocycles. The largest absolute Gasteiger partial charge is 0.341 e. The Bertz CT molecular complexity index is 713. The van der Waals surface area contributed by atoms with E-state index in [9.17, 15) is 5.21 Å². The zero-order chi connectivity index (χ0) is 12.7. The van der Waals surface area contributed by atoms with Crippen molar-refractivity contribution in [1.82, 2.24) is 4.57 Å². The van der Waals surface area contributed by atoms with Crippen LogP contribution in [0.4, 0.5) is 5.69 Å². The number of fused-ring (bicyclic) bond motifs is 3. The molecule has 0 amide bonds. The summed E-state index contributed by atoms with van der Waals surface area (Å²) in [4.78, 5) is 0. The van der Waals surface area contributed by atoms with Crippen LogP contribution in [-0.4, -0.2) is 16.8 Å². The number of rotatable bonds is 2. The minimum absolute atomic E-state index is 0.807. The Labute approximate surface area is 106 Å². The molecule has 3 nitrogen and oxygen atoms in total. The number of hydrogen-bond acceptors (Lipinski definition) is 2. The molecule has 18 heavy (non-hydrogen) atoms. The molecule has 0 unspecified atom stereocenters. The number of anilines is 1. The Morgan fingerprint density at radius 3 is 2.50 bits per heavy atom. The third kappa shape index (κ3) is 1.48. The van der Waals surface area contributed by atoms with Crippen LogP contribution in [0.3, 0.4) is 0 Å². The maximum atomic E-state index is 9.55. The lowest BCUT2D eigenvalue weighted by atomic mass is 10.1. The Hall–Kier alpha value is -2.00. The summed E-state index contributed by atoms with van der Waals surface area (Å²) in [7, 11) is 1.64. The van der Waals surface area contributed by atoms with Gasteiger partial charge in [-0.1, -0.05) is 18.2 Å². The van der Waals surface area contributed by atoms with Gasteiger partial charge in [-0.2, -0.15) is 0 Å². The zero-order valence-corrected chi connectivity index (χ0v) is 10.6. The molecule has 2 aromatic carbocycles. The topological polar surface area (TPSA) is 28.4 Å². The van der Waals surface area contributed by atoms with E-state index in [0.717, 1.165) is 17.3 Å². The van der Waals surface area contributed by atoms with Crippen LogP contribution in [0.15, 0.2) is 42.5 Å². The van der Waals surface area contributed by atoms with Gasteiger partial charge in [0.2, 0.25) is 0 Å². The van der Waals surface area contributed by atoms with Gasteiger partial charge in [0, 0.05) is 35.4 Å². The fraction of sp³-hybridized carbons (Fsp3) is 0.200. The van der Waals surface area contributed by atoms with Crippen molar-refractivity contribution in [2.75, 3.05) is 12.1 Å². The van der Waals surface area contributed by atoms with E-state index in [0.29, 0.717) is 0 Å². The number of hydrogen-bond donors (Lipinski definition) is 1. The maximum absolute atomic E-state index is 9.55. The van der Waals surface area contributed by atoms with Gasteiger partial charge < -0.3 is 4.57 Å². The quantitative estimate of drug-likeness (QED) is 0.693. The SMILES string of the molecule is CCn1c2ccccc2c2cc(N(C)O)ccc21. The second kappa shape index (κ2) is 4.03. The number of aromatic nitrogens is 1. The van der Waals surface area contributed by atoms with E-state index >= 15 is 0 Å². The number of nitrogens with zero attached hydrogens (tertiary/aromatic N) is 2. The van der Waals surface area contributed by atoms with E-state index in [1.807, 2.05) is 12.1 Å². The highest BCUT2D eigenvalue weighted by molar-refractivity contribution is 6.09. The summed E-state index contributed by atoms with van der Waals surface area (Å²) in [6.07, 6.45) is 0. The summed E-state index contributed by atoms with van der Waals surface area (Å²) in [6, 6.07) is 14.4. The maximum Gasteiger partial charge on any atom is 0.0638 e. The number of benzene rings is 2. The molecule has 0 aliphatic rings. The van der Waals surface area contributed by atoms with Crippen molar-refractivity contribution in [2.45, 2.75) is 13.5 Å². The van der Waals surface area contributed by atoms with Crippen LogP contribution in [0.1, 0.15) is 6.92 Å². The molecule has 0 radical (unpaired) electrons. The third-order valence-corrected chi connectivity index (χ3v) is 3.45. The molecule has 0 saturated carbocycles. The van der Waals surface area contributed by atoms with Gasteiger partial charge in [-0.25, -0.2) is 0 Å². The summed E-state index contributed by atoms with van der Waals surface area (Å²) >= 11 is 0. The minimum atomic E-state index is 0.807. The van der Waals surface area contributed by atoms with Crippen LogP contribution in [0.25, 0.3) is 21.8 Å². The highest BCUT2D eigenvalue weighted by atomic mass is 16.5. The predicted octanol–water partition coefficient (Wildman–Crippen LogP) is 3.64. The minimum Gasteiger partial charge on any atom is -0.341 e. The summed E-state index contributed by atoms with van der Waals surface area (Å²) in [6.45, 7) is 3.09. The Morgan fingerprint density at radius 1 is 1.06 bits per heavy atom. The van der Waals surface area contributed by atoms with Crippen molar-refractivity contribution >= 4 is 27.5 Å². The van der Waals surface area contributed by atoms with E-state index in [4.69, 9.17) is 0 Å². The second-order valence-electron chi connectivity index (χ2n) is 4.49. The molecule has 0 aliphatic heterocycles. The Kier molecular flexibility index (Phi) is 2.49. The first-order valence-corrected chi connectivity index (χ1v) is 6.16. The predicted molar refractivity (Wildman–Crippen MR) is 75.3 cm³/mol. The van der Waals surface area contributed by atoms with E-state index < -0.39 is 0 Å². The van der Waals surface area contributed by atoms with E-state index in [1.54, 1.807) is 7.05 Å². The van der Waals surface area contributed by atoms with Gasteiger partial charge in [-0.15, -0.1) is 0 Å². The lowest BCUT2D eigenvalue weighted by Gasteiger charge is -2.10. The highest BCUT2D eigenvalue weighted by Crippen LogP contribution is 2.31. The van der Waals surface area contributed by atoms with Crippen molar-refractivity contribution in [1.29, 1.82) is 0 Å². The lowest BCUT2D eigenvalue weighted by molar-refractivity contribution is 0.279. The van der Waals surface area contributed by atoms with Crippen LogP contribution in [0.2, 0.25) is 0 Å². The molecular weight excluding hydrogens is 224 g/mol. The first kappa shape index (κ1) is 11.1. The average molecular weight is 240 g/mol. The number of para-hydroxylation sites is 1. The monoisotopic (exact) mass is 240 g/mol. The van der Waals surface area contributed by atoms with E-state index in [1.165, 1.54) is 21.8 Å². The highest BCUT2D eigenvalue weighted by Gasteiger charge is 2.10. The van der Waals surface area contributed by atoms with Crippen molar-refractivity contribution in [3.63, 3.8) is 0 Å². The van der Waals surface area contributed by atoms with Crippen molar-refractivity contribution < 1.29 is 5.21 Å². The molecule has 0 fully saturated rings.